The fourth-order valence-corrected chi connectivity index (χ4v) is 4.26. The molecule has 144 valence electrons. The van der Waals surface area contributed by atoms with Crippen LogP contribution in [0.15, 0.2) is 53.4 Å². The van der Waals surface area contributed by atoms with Gasteiger partial charge in [0, 0.05) is 24.5 Å². The predicted octanol–water partition coefficient (Wildman–Crippen LogP) is 2.53. The number of nitrogens with zero attached hydrogens (tertiary/aromatic N) is 1. The standard InChI is InChI=1S/C18H21N3O4S2/c1-24-16-6-2-14(3-7-16)19-18(26)20-15-4-8-17(9-5-15)27(22,23)21-10-12-25-13-11-21/h2-9H,10-13H2,1H3,(H2,19,20,26). The maximum atomic E-state index is 12.6. The molecule has 27 heavy (non-hydrogen) atoms. The number of ether oxygens (including phenoxy) is 2. The minimum Gasteiger partial charge on any atom is -0.497 e. The molecular formula is C18H21N3O4S2. The van der Waals surface area contributed by atoms with E-state index in [2.05, 4.69) is 10.6 Å². The van der Waals surface area contributed by atoms with Gasteiger partial charge in [0.1, 0.15) is 5.75 Å². The van der Waals surface area contributed by atoms with E-state index in [4.69, 9.17) is 21.7 Å². The Morgan fingerprint density at radius 1 is 1.00 bits per heavy atom. The molecule has 1 aliphatic rings. The van der Waals surface area contributed by atoms with Crippen molar-refractivity contribution < 1.29 is 17.9 Å². The van der Waals surface area contributed by atoms with Crippen molar-refractivity contribution in [1.82, 2.24) is 4.31 Å². The number of thiocarbonyl (C=S) groups is 1. The second kappa shape index (κ2) is 8.66. The molecule has 0 radical (unpaired) electrons. The molecule has 1 saturated heterocycles. The first-order valence-electron chi connectivity index (χ1n) is 8.39. The van der Waals surface area contributed by atoms with Crippen molar-refractivity contribution in [1.29, 1.82) is 0 Å². The lowest BCUT2D eigenvalue weighted by Gasteiger charge is -2.26. The van der Waals surface area contributed by atoms with Gasteiger partial charge in [0.25, 0.3) is 0 Å². The molecule has 2 N–H and O–H groups in total. The zero-order chi connectivity index (χ0) is 19.3. The maximum absolute atomic E-state index is 12.6. The highest BCUT2D eigenvalue weighted by molar-refractivity contribution is 7.89. The van der Waals surface area contributed by atoms with Crippen LogP contribution in [0.2, 0.25) is 0 Å². The molecule has 7 nitrogen and oxygen atoms in total. The van der Waals surface area contributed by atoms with Crippen molar-refractivity contribution in [2.45, 2.75) is 4.90 Å². The van der Waals surface area contributed by atoms with Crippen LogP contribution in [0.3, 0.4) is 0 Å². The number of morpholine rings is 1. The summed E-state index contributed by atoms with van der Waals surface area (Å²) in [6, 6.07) is 13.9. The van der Waals surface area contributed by atoms with E-state index >= 15 is 0 Å². The number of nitrogens with one attached hydrogen (secondary N) is 2. The first kappa shape index (κ1) is 19.6. The van der Waals surface area contributed by atoms with Crippen molar-refractivity contribution in [3.8, 4) is 5.75 Å². The lowest BCUT2D eigenvalue weighted by molar-refractivity contribution is 0.0730. The van der Waals surface area contributed by atoms with Crippen LogP contribution < -0.4 is 15.4 Å². The maximum Gasteiger partial charge on any atom is 0.243 e. The van der Waals surface area contributed by atoms with Gasteiger partial charge in [0.2, 0.25) is 10.0 Å². The summed E-state index contributed by atoms with van der Waals surface area (Å²) in [5.41, 5.74) is 1.52. The summed E-state index contributed by atoms with van der Waals surface area (Å²) < 4.78 is 37.0. The molecule has 1 aliphatic heterocycles. The third-order valence-electron chi connectivity index (χ3n) is 4.07. The summed E-state index contributed by atoms with van der Waals surface area (Å²) in [6.45, 7) is 1.59. The molecular weight excluding hydrogens is 386 g/mol. The van der Waals surface area contributed by atoms with E-state index in [1.807, 2.05) is 24.3 Å². The highest BCUT2D eigenvalue weighted by Gasteiger charge is 2.26. The summed E-state index contributed by atoms with van der Waals surface area (Å²) in [4.78, 5) is 0.254. The molecule has 0 bridgehead atoms. The Morgan fingerprint density at radius 3 is 2.04 bits per heavy atom. The zero-order valence-electron chi connectivity index (χ0n) is 14.8. The zero-order valence-corrected chi connectivity index (χ0v) is 16.5. The third-order valence-corrected chi connectivity index (χ3v) is 6.18. The third kappa shape index (κ3) is 4.95. The number of methoxy groups -OCH3 is 1. The van der Waals surface area contributed by atoms with Gasteiger partial charge in [0.05, 0.1) is 25.2 Å². The second-order valence-electron chi connectivity index (χ2n) is 5.85. The van der Waals surface area contributed by atoms with Crippen LogP contribution >= 0.6 is 12.2 Å². The first-order chi connectivity index (χ1) is 13.0. The minimum absolute atomic E-state index is 0.254. The Labute approximate surface area is 164 Å². The SMILES string of the molecule is COc1ccc(NC(=S)Nc2ccc(S(=O)(=O)N3CCOCC3)cc2)cc1. The molecule has 0 saturated carbocycles. The van der Waals surface area contributed by atoms with Crippen LogP contribution in [0.25, 0.3) is 0 Å². The number of hydrogen-bond acceptors (Lipinski definition) is 5. The summed E-state index contributed by atoms with van der Waals surface area (Å²) in [7, 11) is -1.89. The van der Waals surface area contributed by atoms with Crippen molar-refractivity contribution in [3.05, 3.63) is 48.5 Å². The average Bonchev–Trinajstić information content (AvgIpc) is 2.69. The lowest BCUT2D eigenvalue weighted by Crippen LogP contribution is -2.40. The van der Waals surface area contributed by atoms with Gasteiger partial charge in [-0.1, -0.05) is 0 Å². The van der Waals surface area contributed by atoms with Crippen LogP contribution in [0.5, 0.6) is 5.75 Å². The molecule has 0 unspecified atom stereocenters. The topological polar surface area (TPSA) is 79.9 Å². The molecule has 0 spiro atoms. The largest absolute Gasteiger partial charge is 0.497 e. The fraction of sp³-hybridized carbons (Fsp3) is 0.278. The quantitative estimate of drug-likeness (QED) is 0.737. The Kier molecular flexibility index (Phi) is 6.27. The van der Waals surface area contributed by atoms with Gasteiger partial charge in [0.15, 0.2) is 5.11 Å². The number of sulfonamides is 1. The van der Waals surface area contributed by atoms with E-state index in [-0.39, 0.29) is 4.90 Å². The van der Waals surface area contributed by atoms with Crippen molar-refractivity contribution in [3.63, 3.8) is 0 Å². The van der Waals surface area contributed by atoms with Gasteiger partial charge in [-0.2, -0.15) is 4.31 Å². The minimum atomic E-state index is -3.50. The smallest absolute Gasteiger partial charge is 0.243 e. The Morgan fingerprint density at radius 2 is 1.52 bits per heavy atom. The summed E-state index contributed by atoms with van der Waals surface area (Å²) >= 11 is 5.29. The molecule has 3 rings (SSSR count). The molecule has 2 aromatic rings. The van der Waals surface area contributed by atoms with Gasteiger partial charge >= 0.3 is 0 Å². The van der Waals surface area contributed by atoms with Crippen molar-refractivity contribution in [2.75, 3.05) is 44.0 Å². The Balaban J connectivity index is 1.61. The number of hydrogen-bond donors (Lipinski definition) is 2. The normalized spacial score (nSPS) is 15.1. The van der Waals surface area contributed by atoms with Gasteiger partial charge in [-0.05, 0) is 60.7 Å². The second-order valence-corrected chi connectivity index (χ2v) is 8.19. The molecule has 1 fully saturated rings. The lowest BCUT2D eigenvalue weighted by atomic mass is 10.3. The van der Waals surface area contributed by atoms with E-state index in [0.717, 1.165) is 11.4 Å². The predicted molar refractivity (Wildman–Crippen MR) is 109 cm³/mol. The molecule has 0 aliphatic carbocycles. The van der Waals surface area contributed by atoms with E-state index in [9.17, 15) is 8.42 Å². The van der Waals surface area contributed by atoms with Gasteiger partial charge < -0.3 is 20.1 Å². The highest BCUT2D eigenvalue weighted by atomic mass is 32.2. The molecule has 0 atom stereocenters. The molecule has 9 heteroatoms. The van der Waals surface area contributed by atoms with Crippen LogP contribution in [0.4, 0.5) is 11.4 Å². The molecule has 2 aromatic carbocycles. The number of benzene rings is 2. The van der Waals surface area contributed by atoms with E-state index in [0.29, 0.717) is 37.1 Å². The summed E-state index contributed by atoms with van der Waals surface area (Å²) in [5, 5.41) is 6.51. The highest BCUT2D eigenvalue weighted by Crippen LogP contribution is 2.20. The van der Waals surface area contributed by atoms with Crippen LogP contribution in [0.1, 0.15) is 0 Å². The van der Waals surface area contributed by atoms with Crippen LogP contribution in [-0.4, -0.2) is 51.2 Å². The molecule has 0 amide bonds. The van der Waals surface area contributed by atoms with Crippen molar-refractivity contribution >= 4 is 38.7 Å². The molecule has 1 heterocycles. The average molecular weight is 408 g/mol. The first-order valence-corrected chi connectivity index (χ1v) is 10.2. The van der Waals surface area contributed by atoms with Gasteiger partial charge in [-0.15, -0.1) is 0 Å². The van der Waals surface area contributed by atoms with Crippen LogP contribution in [0, 0.1) is 0 Å². The monoisotopic (exact) mass is 407 g/mol. The van der Waals surface area contributed by atoms with Gasteiger partial charge in [-0.25, -0.2) is 8.42 Å². The van der Waals surface area contributed by atoms with Crippen LogP contribution in [-0.2, 0) is 14.8 Å². The summed E-state index contributed by atoms with van der Waals surface area (Å²) in [6.07, 6.45) is 0. The van der Waals surface area contributed by atoms with E-state index in [1.54, 1.807) is 31.4 Å². The summed E-state index contributed by atoms with van der Waals surface area (Å²) in [5.74, 6) is 0.761. The Hall–Kier alpha value is -2.20. The number of anilines is 2. The van der Waals surface area contributed by atoms with E-state index in [1.165, 1.54) is 4.31 Å². The fourth-order valence-electron chi connectivity index (χ4n) is 2.61. The van der Waals surface area contributed by atoms with Gasteiger partial charge in [-0.3, -0.25) is 0 Å². The molecule has 0 aromatic heterocycles. The Bertz CT molecular complexity index is 878. The number of rotatable bonds is 5. The van der Waals surface area contributed by atoms with E-state index < -0.39 is 10.0 Å². The van der Waals surface area contributed by atoms with Crippen molar-refractivity contribution in [2.24, 2.45) is 0 Å².